The summed E-state index contributed by atoms with van der Waals surface area (Å²) < 4.78 is 6.06. The molecule has 0 aromatic heterocycles. The van der Waals surface area contributed by atoms with E-state index in [0.29, 0.717) is 6.04 Å². The molecule has 3 heteroatoms. The van der Waals surface area contributed by atoms with Crippen molar-refractivity contribution in [2.75, 3.05) is 26.2 Å². The molecule has 1 aromatic carbocycles. The van der Waals surface area contributed by atoms with Gasteiger partial charge in [0, 0.05) is 25.7 Å². The van der Waals surface area contributed by atoms with Crippen LogP contribution in [0.4, 0.5) is 0 Å². The molecule has 1 aromatic rings. The Hall–Kier alpha value is -0.900. The van der Waals surface area contributed by atoms with Crippen LogP contribution in [0.15, 0.2) is 30.3 Å². The monoisotopic (exact) mass is 246 g/mol. The summed E-state index contributed by atoms with van der Waals surface area (Å²) in [5, 5.41) is 3.70. The zero-order chi connectivity index (χ0) is 12.6. The summed E-state index contributed by atoms with van der Waals surface area (Å²) in [5.74, 6) is 0. The third kappa shape index (κ3) is 2.18. The predicted octanol–water partition coefficient (Wildman–Crippen LogP) is 1.81. The zero-order valence-corrected chi connectivity index (χ0v) is 11.2. The SMILES string of the molecule is CC(C)N1CC2(COC(c3ccccc3)CN2)C1. The second kappa shape index (κ2) is 4.65. The Morgan fingerprint density at radius 3 is 2.56 bits per heavy atom. The number of ether oxygens (including phenoxy) is 1. The Morgan fingerprint density at radius 1 is 1.28 bits per heavy atom. The minimum Gasteiger partial charge on any atom is -0.370 e. The number of nitrogens with zero attached hydrogens (tertiary/aromatic N) is 1. The molecule has 1 spiro atoms. The lowest BCUT2D eigenvalue weighted by atomic mass is 9.87. The summed E-state index contributed by atoms with van der Waals surface area (Å²) in [5.41, 5.74) is 1.50. The zero-order valence-electron chi connectivity index (χ0n) is 11.2. The minimum atomic E-state index is 0.213. The van der Waals surface area contributed by atoms with Crippen molar-refractivity contribution in [1.82, 2.24) is 10.2 Å². The van der Waals surface area contributed by atoms with Crippen LogP contribution in [0, 0.1) is 0 Å². The number of rotatable bonds is 2. The Morgan fingerprint density at radius 2 is 2.00 bits per heavy atom. The van der Waals surface area contributed by atoms with E-state index in [1.54, 1.807) is 0 Å². The number of hydrogen-bond acceptors (Lipinski definition) is 3. The fourth-order valence-corrected chi connectivity index (χ4v) is 2.86. The van der Waals surface area contributed by atoms with Crippen molar-refractivity contribution in [2.24, 2.45) is 0 Å². The molecule has 2 heterocycles. The average molecular weight is 246 g/mol. The number of benzene rings is 1. The van der Waals surface area contributed by atoms with Gasteiger partial charge in [0.1, 0.15) is 0 Å². The average Bonchev–Trinajstić information content (AvgIpc) is 2.37. The highest BCUT2D eigenvalue weighted by molar-refractivity contribution is 5.19. The molecule has 0 radical (unpaired) electrons. The van der Waals surface area contributed by atoms with Crippen molar-refractivity contribution in [3.63, 3.8) is 0 Å². The molecule has 0 amide bonds. The number of likely N-dealkylation sites (tertiary alicyclic amines) is 1. The van der Waals surface area contributed by atoms with Gasteiger partial charge in [-0.3, -0.25) is 4.90 Å². The second-order valence-electron chi connectivity index (χ2n) is 5.87. The lowest BCUT2D eigenvalue weighted by molar-refractivity contribution is -0.102. The Labute approximate surface area is 109 Å². The fraction of sp³-hybridized carbons (Fsp3) is 0.600. The predicted molar refractivity (Wildman–Crippen MR) is 72.6 cm³/mol. The lowest BCUT2D eigenvalue weighted by Crippen LogP contribution is -2.74. The third-order valence-corrected chi connectivity index (χ3v) is 4.14. The van der Waals surface area contributed by atoms with Gasteiger partial charge in [-0.25, -0.2) is 0 Å². The maximum Gasteiger partial charge on any atom is 0.0950 e. The van der Waals surface area contributed by atoms with Gasteiger partial charge in [0.25, 0.3) is 0 Å². The van der Waals surface area contributed by atoms with E-state index in [4.69, 9.17) is 4.74 Å². The maximum absolute atomic E-state index is 6.06. The first-order valence-electron chi connectivity index (χ1n) is 6.84. The van der Waals surface area contributed by atoms with E-state index in [9.17, 15) is 0 Å². The summed E-state index contributed by atoms with van der Waals surface area (Å²) in [4.78, 5) is 2.49. The van der Waals surface area contributed by atoms with Gasteiger partial charge < -0.3 is 10.1 Å². The van der Waals surface area contributed by atoms with Crippen LogP contribution in [0.2, 0.25) is 0 Å². The summed E-state index contributed by atoms with van der Waals surface area (Å²) >= 11 is 0. The van der Waals surface area contributed by atoms with Crippen LogP contribution in [0.3, 0.4) is 0 Å². The van der Waals surface area contributed by atoms with Crippen LogP contribution in [-0.4, -0.2) is 42.7 Å². The van der Waals surface area contributed by atoms with E-state index in [2.05, 4.69) is 48.3 Å². The van der Waals surface area contributed by atoms with Crippen molar-refractivity contribution in [3.05, 3.63) is 35.9 Å². The van der Waals surface area contributed by atoms with Crippen molar-refractivity contribution in [2.45, 2.75) is 31.5 Å². The highest BCUT2D eigenvalue weighted by atomic mass is 16.5. The quantitative estimate of drug-likeness (QED) is 0.861. The van der Waals surface area contributed by atoms with Gasteiger partial charge in [0.05, 0.1) is 18.2 Å². The molecule has 2 saturated heterocycles. The maximum atomic E-state index is 6.06. The number of hydrogen-bond donors (Lipinski definition) is 1. The molecule has 3 rings (SSSR count). The van der Waals surface area contributed by atoms with Gasteiger partial charge in [-0.2, -0.15) is 0 Å². The standard InChI is InChI=1S/C15H22N2O/c1-12(2)17-9-15(10-17)11-18-14(8-16-15)13-6-4-3-5-7-13/h3-7,12,14,16H,8-11H2,1-2H3. The molecular formula is C15H22N2O. The van der Waals surface area contributed by atoms with Crippen LogP contribution in [0.1, 0.15) is 25.5 Å². The summed E-state index contributed by atoms with van der Waals surface area (Å²) in [6.07, 6.45) is 0.213. The van der Waals surface area contributed by atoms with Crippen molar-refractivity contribution in [3.8, 4) is 0 Å². The molecule has 1 unspecified atom stereocenters. The van der Waals surface area contributed by atoms with E-state index >= 15 is 0 Å². The molecule has 2 aliphatic heterocycles. The molecule has 0 saturated carbocycles. The van der Waals surface area contributed by atoms with Gasteiger partial charge in [-0.15, -0.1) is 0 Å². The van der Waals surface area contributed by atoms with Gasteiger partial charge in [-0.05, 0) is 19.4 Å². The topological polar surface area (TPSA) is 24.5 Å². The first kappa shape index (κ1) is 12.2. The number of nitrogens with one attached hydrogen (secondary N) is 1. The molecule has 1 N–H and O–H groups in total. The normalized spacial score (nSPS) is 27.4. The van der Waals surface area contributed by atoms with Gasteiger partial charge in [0.2, 0.25) is 0 Å². The van der Waals surface area contributed by atoms with Gasteiger partial charge in [-0.1, -0.05) is 30.3 Å². The highest BCUT2D eigenvalue weighted by Crippen LogP contribution is 2.30. The van der Waals surface area contributed by atoms with E-state index < -0.39 is 0 Å². The Bertz CT molecular complexity index is 388. The van der Waals surface area contributed by atoms with Crippen LogP contribution >= 0.6 is 0 Å². The molecule has 0 bridgehead atoms. The fourth-order valence-electron chi connectivity index (χ4n) is 2.86. The van der Waals surface area contributed by atoms with E-state index in [1.165, 1.54) is 5.56 Å². The smallest absolute Gasteiger partial charge is 0.0950 e. The summed E-state index contributed by atoms with van der Waals surface area (Å²) in [7, 11) is 0. The third-order valence-electron chi connectivity index (χ3n) is 4.14. The van der Waals surface area contributed by atoms with Gasteiger partial charge in [0.15, 0.2) is 0 Å². The molecule has 18 heavy (non-hydrogen) atoms. The first-order valence-corrected chi connectivity index (χ1v) is 6.84. The van der Waals surface area contributed by atoms with Crippen LogP contribution < -0.4 is 5.32 Å². The largest absolute Gasteiger partial charge is 0.370 e. The minimum absolute atomic E-state index is 0.213. The first-order chi connectivity index (χ1) is 8.69. The Kier molecular flexibility index (Phi) is 3.14. The van der Waals surface area contributed by atoms with Crippen LogP contribution in [0.25, 0.3) is 0 Å². The molecule has 2 aliphatic rings. The molecule has 2 fully saturated rings. The van der Waals surface area contributed by atoms with Gasteiger partial charge >= 0.3 is 0 Å². The summed E-state index contributed by atoms with van der Waals surface area (Å²) in [6.45, 7) is 8.50. The highest BCUT2D eigenvalue weighted by Gasteiger charge is 2.46. The van der Waals surface area contributed by atoms with Crippen molar-refractivity contribution in [1.29, 1.82) is 0 Å². The Balaban J connectivity index is 1.57. The van der Waals surface area contributed by atoms with E-state index in [1.807, 2.05) is 6.07 Å². The number of morpholine rings is 1. The molecule has 3 nitrogen and oxygen atoms in total. The molecular weight excluding hydrogens is 224 g/mol. The molecule has 0 aliphatic carbocycles. The summed E-state index contributed by atoms with van der Waals surface area (Å²) in [6, 6.07) is 11.1. The second-order valence-corrected chi connectivity index (χ2v) is 5.87. The van der Waals surface area contributed by atoms with Crippen molar-refractivity contribution < 1.29 is 4.74 Å². The van der Waals surface area contributed by atoms with Crippen LogP contribution in [-0.2, 0) is 4.74 Å². The molecule has 98 valence electrons. The van der Waals surface area contributed by atoms with E-state index in [0.717, 1.165) is 26.2 Å². The lowest BCUT2D eigenvalue weighted by Gasteiger charge is -2.55. The van der Waals surface area contributed by atoms with E-state index in [-0.39, 0.29) is 11.6 Å². The van der Waals surface area contributed by atoms with Crippen molar-refractivity contribution >= 4 is 0 Å². The molecule has 1 atom stereocenters. The van der Waals surface area contributed by atoms with Crippen LogP contribution in [0.5, 0.6) is 0 Å².